The summed E-state index contributed by atoms with van der Waals surface area (Å²) in [5.41, 5.74) is 1.50. The fourth-order valence-electron chi connectivity index (χ4n) is 1.86. The van der Waals surface area contributed by atoms with Gasteiger partial charge in [-0.25, -0.2) is 0 Å². The molecule has 14 heavy (non-hydrogen) atoms. The third-order valence-electron chi connectivity index (χ3n) is 2.90. The van der Waals surface area contributed by atoms with Crippen LogP contribution in [-0.2, 0) is 5.41 Å². The molecule has 1 aliphatic rings. The molecule has 0 radical (unpaired) electrons. The highest BCUT2D eigenvalue weighted by Crippen LogP contribution is 2.39. The SMILES string of the molecule is COc1ccc2c(c1)OCCC2(C)C. The molecule has 0 saturated heterocycles. The van der Waals surface area contributed by atoms with Gasteiger partial charge in [0.2, 0.25) is 0 Å². The van der Waals surface area contributed by atoms with Crippen LogP contribution < -0.4 is 9.47 Å². The lowest BCUT2D eigenvalue weighted by Gasteiger charge is -2.32. The van der Waals surface area contributed by atoms with Crippen molar-refractivity contribution in [1.82, 2.24) is 0 Å². The molecule has 0 fully saturated rings. The maximum atomic E-state index is 5.62. The van der Waals surface area contributed by atoms with Crippen LogP contribution in [-0.4, -0.2) is 13.7 Å². The summed E-state index contributed by atoms with van der Waals surface area (Å²) in [5.74, 6) is 1.84. The molecule has 0 amide bonds. The molecule has 0 atom stereocenters. The van der Waals surface area contributed by atoms with Crippen LogP contribution >= 0.6 is 0 Å². The van der Waals surface area contributed by atoms with Gasteiger partial charge in [0, 0.05) is 11.6 Å². The van der Waals surface area contributed by atoms with Crippen LogP contribution in [0.1, 0.15) is 25.8 Å². The van der Waals surface area contributed by atoms with E-state index in [0.29, 0.717) is 0 Å². The normalized spacial score (nSPS) is 18.2. The Hall–Kier alpha value is -1.18. The first kappa shape index (κ1) is 9.38. The van der Waals surface area contributed by atoms with Crippen molar-refractivity contribution < 1.29 is 9.47 Å². The van der Waals surface area contributed by atoms with E-state index >= 15 is 0 Å². The maximum absolute atomic E-state index is 5.62. The number of methoxy groups -OCH3 is 1. The van der Waals surface area contributed by atoms with Gasteiger partial charge in [-0.15, -0.1) is 0 Å². The van der Waals surface area contributed by atoms with Gasteiger partial charge in [-0.1, -0.05) is 19.9 Å². The smallest absolute Gasteiger partial charge is 0.126 e. The molecule has 76 valence electrons. The largest absolute Gasteiger partial charge is 0.497 e. The average molecular weight is 192 g/mol. The van der Waals surface area contributed by atoms with Crippen LogP contribution in [0.2, 0.25) is 0 Å². The summed E-state index contributed by atoms with van der Waals surface area (Å²) in [6.07, 6.45) is 1.08. The van der Waals surface area contributed by atoms with Gasteiger partial charge in [-0.3, -0.25) is 0 Å². The standard InChI is InChI=1S/C12H16O2/c1-12(2)6-7-14-11-8-9(13-3)4-5-10(11)12/h4-5,8H,6-7H2,1-3H3. The van der Waals surface area contributed by atoms with Gasteiger partial charge in [0.05, 0.1) is 13.7 Å². The molecule has 0 unspecified atom stereocenters. The molecule has 0 aromatic heterocycles. The number of rotatable bonds is 1. The van der Waals surface area contributed by atoms with Crippen LogP contribution in [0.15, 0.2) is 18.2 Å². The van der Waals surface area contributed by atoms with Crippen molar-refractivity contribution >= 4 is 0 Å². The molecular weight excluding hydrogens is 176 g/mol. The zero-order valence-electron chi connectivity index (χ0n) is 8.96. The van der Waals surface area contributed by atoms with Gasteiger partial charge >= 0.3 is 0 Å². The minimum absolute atomic E-state index is 0.222. The molecule has 1 aromatic rings. The lowest BCUT2D eigenvalue weighted by molar-refractivity contribution is 0.232. The second-order valence-corrected chi connectivity index (χ2v) is 4.34. The number of ether oxygens (including phenoxy) is 2. The molecule has 0 aliphatic carbocycles. The van der Waals surface area contributed by atoms with Gasteiger partial charge in [-0.05, 0) is 17.9 Å². The van der Waals surface area contributed by atoms with E-state index in [2.05, 4.69) is 19.9 Å². The Morgan fingerprint density at radius 2 is 2.14 bits per heavy atom. The zero-order valence-corrected chi connectivity index (χ0v) is 8.96. The highest BCUT2D eigenvalue weighted by atomic mass is 16.5. The van der Waals surface area contributed by atoms with E-state index in [0.717, 1.165) is 24.5 Å². The summed E-state index contributed by atoms with van der Waals surface area (Å²) < 4.78 is 10.8. The van der Waals surface area contributed by atoms with Crippen LogP contribution in [0.5, 0.6) is 11.5 Å². The van der Waals surface area contributed by atoms with Crippen molar-refractivity contribution in [3.63, 3.8) is 0 Å². The van der Waals surface area contributed by atoms with E-state index in [4.69, 9.17) is 9.47 Å². The number of hydrogen-bond acceptors (Lipinski definition) is 2. The Morgan fingerprint density at radius 1 is 1.36 bits per heavy atom. The van der Waals surface area contributed by atoms with Crippen molar-refractivity contribution in [2.75, 3.05) is 13.7 Å². The predicted octanol–water partition coefficient (Wildman–Crippen LogP) is 2.76. The fourth-order valence-corrected chi connectivity index (χ4v) is 1.86. The molecule has 0 spiro atoms. The van der Waals surface area contributed by atoms with Crippen LogP contribution in [0.25, 0.3) is 0 Å². The first-order valence-corrected chi connectivity index (χ1v) is 4.95. The summed E-state index contributed by atoms with van der Waals surface area (Å²) in [4.78, 5) is 0. The molecule has 2 heteroatoms. The monoisotopic (exact) mass is 192 g/mol. The second kappa shape index (κ2) is 3.19. The Labute approximate surface area is 84.8 Å². The summed E-state index contributed by atoms with van der Waals surface area (Å²) in [7, 11) is 1.68. The molecular formula is C12H16O2. The summed E-state index contributed by atoms with van der Waals surface area (Å²) >= 11 is 0. The second-order valence-electron chi connectivity index (χ2n) is 4.34. The molecule has 2 rings (SSSR count). The van der Waals surface area contributed by atoms with E-state index in [1.807, 2.05) is 12.1 Å². The molecule has 2 nitrogen and oxygen atoms in total. The van der Waals surface area contributed by atoms with E-state index < -0.39 is 0 Å². The minimum Gasteiger partial charge on any atom is -0.497 e. The molecule has 0 bridgehead atoms. The third kappa shape index (κ3) is 1.45. The van der Waals surface area contributed by atoms with Crippen LogP contribution in [0.4, 0.5) is 0 Å². The third-order valence-corrected chi connectivity index (χ3v) is 2.90. The van der Waals surface area contributed by atoms with Crippen LogP contribution in [0, 0.1) is 0 Å². The Balaban J connectivity index is 2.46. The van der Waals surface area contributed by atoms with Gasteiger partial charge in [0.15, 0.2) is 0 Å². The molecule has 1 aliphatic heterocycles. The summed E-state index contributed by atoms with van der Waals surface area (Å²) in [5, 5.41) is 0. The number of benzene rings is 1. The minimum atomic E-state index is 0.222. The van der Waals surface area contributed by atoms with E-state index in [-0.39, 0.29) is 5.41 Å². The van der Waals surface area contributed by atoms with Gasteiger partial charge < -0.3 is 9.47 Å². The average Bonchev–Trinajstić information content (AvgIpc) is 2.16. The Kier molecular flexibility index (Phi) is 2.14. The molecule has 0 saturated carbocycles. The quantitative estimate of drug-likeness (QED) is 0.681. The van der Waals surface area contributed by atoms with Crippen molar-refractivity contribution in [2.45, 2.75) is 25.7 Å². The van der Waals surface area contributed by atoms with E-state index in [1.54, 1.807) is 7.11 Å². The lowest BCUT2D eigenvalue weighted by Crippen LogP contribution is -2.26. The summed E-state index contributed by atoms with van der Waals surface area (Å²) in [6.45, 7) is 5.30. The van der Waals surface area contributed by atoms with Gasteiger partial charge in [-0.2, -0.15) is 0 Å². The van der Waals surface area contributed by atoms with Gasteiger partial charge in [0.25, 0.3) is 0 Å². The molecule has 1 aromatic carbocycles. The highest BCUT2D eigenvalue weighted by Gasteiger charge is 2.28. The Bertz CT molecular complexity index is 342. The van der Waals surface area contributed by atoms with Crippen molar-refractivity contribution in [1.29, 1.82) is 0 Å². The fraction of sp³-hybridized carbons (Fsp3) is 0.500. The summed E-state index contributed by atoms with van der Waals surface area (Å²) in [6, 6.07) is 6.07. The molecule has 0 N–H and O–H groups in total. The van der Waals surface area contributed by atoms with Crippen LogP contribution in [0.3, 0.4) is 0 Å². The lowest BCUT2D eigenvalue weighted by atomic mass is 9.80. The van der Waals surface area contributed by atoms with Gasteiger partial charge in [0.1, 0.15) is 11.5 Å². The van der Waals surface area contributed by atoms with Crippen molar-refractivity contribution in [3.8, 4) is 11.5 Å². The maximum Gasteiger partial charge on any atom is 0.126 e. The first-order valence-electron chi connectivity index (χ1n) is 4.95. The number of fused-ring (bicyclic) bond motifs is 1. The predicted molar refractivity (Wildman–Crippen MR) is 56.1 cm³/mol. The van der Waals surface area contributed by atoms with Crippen molar-refractivity contribution in [3.05, 3.63) is 23.8 Å². The van der Waals surface area contributed by atoms with E-state index in [1.165, 1.54) is 5.56 Å². The first-order chi connectivity index (χ1) is 6.63. The highest BCUT2D eigenvalue weighted by molar-refractivity contribution is 5.45. The topological polar surface area (TPSA) is 18.5 Å². The molecule has 1 heterocycles. The number of hydrogen-bond donors (Lipinski definition) is 0. The van der Waals surface area contributed by atoms with Crippen molar-refractivity contribution in [2.24, 2.45) is 0 Å². The zero-order chi connectivity index (χ0) is 10.2. The van der Waals surface area contributed by atoms with E-state index in [9.17, 15) is 0 Å². The Morgan fingerprint density at radius 3 is 2.86 bits per heavy atom.